The standard InChI is InChI=1S/C14H20N4O3/c1-21-14(20)18-6-3-2-4-12(18)13(19)17-7-5-10-11(8-17)16-9-15-10/h9,12H,2-8H2,1H3,(H,15,16)/t12-/m1/s1. The van der Waals surface area contributed by atoms with Crippen LogP contribution in [0.3, 0.4) is 0 Å². The number of imidazole rings is 1. The lowest BCUT2D eigenvalue weighted by atomic mass is 10.0. The first-order chi connectivity index (χ1) is 10.2. The fourth-order valence-electron chi connectivity index (χ4n) is 3.14. The van der Waals surface area contributed by atoms with Crippen molar-refractivity contribution >= 4 is 12.0 Å². The van der Waals surface area contributed by atoms with Crippen molar-refractivity contribution in [2.75, 3.05) is 20.2 Å². The third-order valence-corrected chi connectivity index (χ3v) is 4.28. The van der Waals surface area contributed by atoms with Crippen LogP contribution in [0.15, 0.2) is 6.33 Å². The van der Waals surface area contributed by atoms with Crippen LogP contribution in [0.5, 0.6) is 0 Å². The van der Waals surface area contributed by atoms with E-state index < -0.39 is 12.1 Å². The summed E-state index contributed by atoms with van der Waals surface area (Å²) in [7, 11) is 1.36. The minimum atomic E-state index is -0.410. The Labute approximate surface area is 123 Å². The Bertz CT molecular complexity index is 542. The highest BCUT2D eigenvalue weighted by molar-refractivity contribution is 5.86. The minimum Gasteiger partial charge on any atom is -0.453 e. The molecule has 3 rings (SSSR count). The van der Waals surface area contributed by atoms with Gasteiger partial charge in [-0.1, -0.05) is 0 Å². The molecule has 0 aromatic carbocycles. The molecule has 0 radical (unpaired) electrons. The van der Waals surface area contributed by atoms with E-state index in [4.69, 9.17) is 4.74 Å². The van der Waals surface area contributed by atoms with Crippen LogP contribution < -0.4 is 0 Å². The largest absolute Gasteiger partial charge is 0.453 e. The Hall–Kier alpha value is -2.05. The van der Waals surface area contributed by atoms with Crippen LogP contribution >= 0.6 is 0 Å². The van der Waals surface area contributed by atoms with Gasteiger partial charge in [0.05, 0.1) is 31.4 Å². The molecule has 1 atom stereocenters. The lowest BCUT2D eigenvalue weighted by Gasteiger charge is -2.37. The van der Waals surface area contributed by atoms with Crippen LogP contribution in [0, 0.1) is 0 Å². The van der Waals surface area contributed by atoms with Crippen molar-refractivity contribution in [3.8, 4) is 0 Å². The summed E-state index contributed by atoms with van der Waals surface area (Å²) < 4.78 is 4.80. The van der Waals surface area contributed by atoms with E-state index in [-0.39, 0.29) is 5.91 Å². The first kappa shape index (κ1) is 13.9. The molecule has 0 spiro atoms. The molecule has 1 saturated heterocycles. The maximum atomic E-state index is 12.8. The molecular formula is C14H20N4O3. The molecule has 7 nitrogen and oxygen atoms in total. The lowest BCUT2D eigenvalue weighted by molar-refractivity contribution is -0.138. The quantitative estimate of drug-likeness (QED) is 0.834. The van der Waals surface area contributed by atoms with Crippen molar-refractivity contribution in [3.05, 3.63) is 17.7 Å². The Morgan fingerprint density at radius 2 is 2.24 bits per heavy atom. The SMILES string of the molecule is COC(=O)N1CCCC[C@@H]1C(=O)N1CCc2nc[nH]c2C1. The van der Waals surface area contributed by atoms with Gasteiger partial charge in [-0.05, 0) is 19.3 Å². The maximum absolute atomic E-state index is 12.8. The summed E-state index contributed by atoms with van der Waals surface area (Å²) in [5.41, 5.74) is 2.03. The number of carbonyl (C=O) groups is 2. The number of H-pyrrole nitrogens is 1. The highest BCUT2D eigenvalue weighted by Gasteiger charge is 2.36. The van der Waals surface area contributed by atoms with Crippen LogP contribution in [-0.4, -0.2) is 58.0 Å². The summed E-state index contributed by atoms with van der Waals surface area (Å²) in [5.74, 6) is 0.0142. The number of aromatic amines is 1. The minimum absolute atomic E-state index is 0.0142. The maximum Gasteiger partial charge on any atom is 0.410 e. The molecule has 0 saturated carbocycles. The molecule has 2 aliphatic heterocycles. The highest BCUT2D eigenvalue weighted by atomic mass is 16.5. The van der Waals surface area contributed by atoms with Gasteiger partial charge in [0.15, 0.2) is 0 Å². The number of carbonyl (C=O) groups excluding carboxylic acids is 2. The van der Waals surface area contributed by atoms with E-state index in [2.05, 4.69) is 9.97 Å². The third-order valence-electron chi connectivity index (χ3n) is 4.28. The van der Waals surface area contributed by atoms with Gasteiger partial charge in [0.25, 0.3) is 0 Å². The zero-order valence-electron chi connectivity index (χ0n) is 12.2. The summed E-state index contributed by atoms with van der Waals surface area (Å²) in [6, 6.07) is -0.393. The fraction of sp³-hybridized carbons (Fsp3) is 0.643. The summed E-state index contributed by atoms with van der Waals surface area (Å²) in [5, 5.41) is 0. The number of fused-ring (bicyclic) bond motifs is 1. The van der Waals surface area contributed by atoms with Crippen LogP contribution in [0.25, 0.3) is 0 Å². The van der Waals surface area contributed by atoms with Gasteiger partial charge in [0.2, 0.25) is 5.91 Å². The van der Waals surface area contributed by atoms with E-state index in [0.717, 1.165) is 30.7 Å². The number of ether oxygens (including phenoxy) is 1. The molecule has 1 fully saturated rings. The van der Waals surface area contributed by atoms with Gasteiger partial charge < -0.3 is 14.6 Å². The van der Waals surface area contributed by atoms with Crippen LogP contribution in [0.2, 0.25) is 0 Å². The summed E-state index contributed by atoms with van der Waals surface area (Å²) in [6.07, 6.45) is 4.61. The first-order valence-corrected chi connectivity index (χ1v) is 7.35. The molecule has 1 N–H and O–H groups in total. The average molecular weight is 292 g/mol. The predicted octanol–water partition coefficient (Wildman–Crippen LogP) is 0.915. The van der Waals surface area contributed by atoms with Gasteiger partial charge in [-0.2, -0.15) is 0 Å². The number of rotatable bonds is 1. The van der Waals surface area contributed by atoms with E-state index in [1.807, 2.05) is 4.90 Å². The van der Waals surface area contributed by atoms with Crippen molar-refractivity contribution in [2.24, 2.45) is 0 Å². The molecule has 0 aliphatic carbocycles. The third kappa shape index (κ3) is 2.59. The van der Waals surface area contributed by atoms with Crippen molar-refractivity contribution in [1.29, 1.82) is 0 Å². The fourth-order valence-corrected chi connectivity index (χ4v) is 3.14. The molecule has 1 aromatic heterocycles. The van der Waals surface area contributed by atoms with Gasteiger partial charge >= 0.3 is 6.09 Å². The van der Waals surface area contributed by atoms with Crippen molar-refractivity contribution in [1.82, 2.24) is 19.8 Å². The zero-order valence-corrected chi connectivity index (χ0v) is 12.2. The number of piperidine rings is 1. The molecule has 3 heterocycles. The first-order valence-electron chi connectivity index (χ1n) is 7.35. The van der Waals surface area contributed by atoms with E-state index >= 15 is 0 Å². The second-order valence-electron chi connectivity index (χ2n) is 5.51. The van der Waals surface area contributed by atoms with Gasteiger partial charge in [-0.3, -0.25) is 9.69 Å². The lowest BCUT2D eigenvalue weighted by Crippen LogP contribution is -2.53. The number of likely N-dealkylation sites (tertiary alicyclic amines) is 1. The number of methoxy groups -OCH3 is 1. The second kappa shape index (κ2) is 5.75. The number of nitrogens with one attached hydrogen (secondary N) is 1. The molecule has 1 aromatic rings. The van der Waals surface area contributed by atoms with E-state index in [9.17, 15) is 9.59 Å². The van der Waals surface area contributed by atoms with Crippen molar-refractivity contribution in [2.45, 2.75) is 38.3 Å². The van der Waals surface area contributed by atoms with E-state index in [0.29, 0.717) is 26.1 Å². The molecule has 21 heavy (non-hydrogen) atoms. The van der Waals surface area contributed by atoms with Gasteiger partial charge in [0, 0.05) is 19.5 Å². The predicted molar refractivity (Wildman–Crippen MR) is 74.5 cm³/mol. The Morgan fingerprint density at radius 1 is 1.38 bits per heavy atom. The summed E-state index contributed by atoms with van der Waals surface area (Å²) >= 11 is 0. The number of nitrogens with zero attached hydrogens (tertiary/aromatic N) is 3. The van der Waals surface area contributed by atoms with Gasteiger partial charge in [-0.15, -0.1) is 0 Å². The van der Waals surface area contributed by atoms with Crippen molar-refractivity contribution in [3.63, 3.8) is 0 Å². The molecule has 2 amide bonds. The number of aromatic nitrogens is 2. The Morgan fingerprint density at radius 3 is 3.05 bits per heavy atom. The van der Waals surface area contributed by atoms with Gasteiger partial charge in [0.1, 0.15) is 6.04 Å². The Kier molecular flexibility index (Phi) is 3.81. The molecule has 7 heteroatoms. The summed E-state index contributed by atoms with van der Waals surface area (Å²) in [4.78, 5) is 35.3. The molecule has 114 valence electrons. The molecule has 0 bridgehead atoms. The van der Waals surface area contributed by atoms with E-state index in [1.54, 1.807) is 11.2 Å². The second-order valence-corrected chi connectivity index (χ2v) is 5.51. The van der Waals surface area contributed by atoms with E-state index in [1.165, 1.54) is 7.11 Å². The average Bonchev–Trinajstić information content (AvgIpc) is 3.01. The van der Waals surface area contributed by atoms with Crippen LogP contribution in [0.1, 0.15) is 30.7 Å². The Balaban J connectivity index is 1.73. The topological polar surface area (TPSA) is 78.5 Å². The summed E-state index contributed by atoms with van der Waals surface area (Å²) in [6.45, 7) is 1.79. The zero-order chi connectivity index (χ0) is 14.8. The number of hydrogen-bond acceptors (Lipinski definition) is 4. The smallest absolute Gasteiger partial charge is 0.410 e. The van der Waals surface area contributed by atoms with Crippen LogP contribution in [0.4, 0.5) is 4.79 Å². The van der Waals surface area contributed by atoms with Crippen molar-refractivity contribution < 1.29 is 14.3 Å². The van der Waals surface area contributed by atoms with Crippen LogP contribution in [-0.2, 0) is 22.5 Å². The molecular weight excluding hydrogens is 272 g/mol. The number of hydrogen-bond donors (Lipinski definition) is 1. The molecule has 2 aliphatic rings. The highest BCUT2D eigenvalue weighted by Crippen LogP contribution is 2.23. The normalized spacial score (nSPS) is 21.9. The van der Waals surface area contributed by atoms with Gasteiger partial charge in [-0.25, -0.2) is 9.78 Å². The number of amides is 2. The molecule has 0 unspecified atom stereocenters. The monoisotopic (exact) mass is 292 g/mol.